The first-order valence-electron chi connectivity index (χ1n) is 9.99. The van der Waals surface area contributed by atoms with Crippen molar-refractivity contribution in [2.45, 2.75) is 20.8 Å². The van der Waals surface area contributed by atoms with Crippen molar-refractivity contribution < 1.29 is 4.79 Å². The lowest BCUT2D eigenvalue weighted by atomic mass is 10.0. The van der Waals surface area contributed by atoms with E-state index < -0.39 is 0 Å². The molecule has 150 valence electrons. The van der Waals surface area contributed by atoms with Crippen molar-refractivity contribution in [1.29, 1.82) is 0 Å². The van der Waals surface area contributed by atoms with Crippen LogP contribution >= 0.6 is 11.6 Å². The van der Waals surface area contributed by atoms with E-state index in [1.165, 1.54) is 11.1 Å². The highest BCUT2D eigenvalue weighted by Crippen LogP contribution is 2.26. The third kappa shape index (κ3) is 4.03. The number of aromatic nitrogens is 1. The zero-order valence-corrected chi connectivity index (χ0v) is 17.9. The molecule has 0 saturated carbocycles. The van der Waals surface area contributed by atoms with E-state index in [0.29, 0.717) is 13.1 Å². The maximum atomic E-state index is 13.1. The van der Waals surface area contributed by atoms with E-state index in [4.69, 9.17) is 11.6 Å². The second kappa shape index (κ2) is 7.96. The summed E-state index contributed by atoms with van der Waals surface area (Å²) in [7, 11) is 0. The predicted molar refractivity (Wildman–Crippen MR) is 120 cm³/mol. The van der Waals surface area contributed by atoms with Crippen LogP contribution in [0.5, 0.6) is 0 Å². The molecule has 3 aromatic rings. The molecule has 2 aromatic carbocycles. The number of rotatable bonds is 3. The number of benzene rings is 2. The number of amides is 1. The number of nitrogens with zero attached hydrogens (tertiary/aromatic N) is 2. The van der Waals surface area contributed by atoms with Gasteiger partial charge in [0.2, 0.25) is 0 Å². The molecule has 1 saturated heterocycles. The smallest absolute Gasteiger partial charge is 0.255 e. The Hall–Kier alpha value is -2.72. The highest BCUT2D eigenvalue weighted by Gasteiger charge is 2.24. The fourth-order valence-corrected chi connectivity index (χ4v) is 4.04. The van der Waals surface area contributed by atoms with Gasteiger partial charge in [-0.05, 0) is 67.8 Å². The van der Waals surface area contributed by atoms with Crippen LogP contribution in [-0.2, 0) is 0 Å². The Morgan fingerprint density at radius 3 is 2.38 bits per heavy atom. The quantitative estimate of drug-likeness (QED) is 0.646. The number of hydrogen-bond donors (Lipinski definition) is 1. The lowest BCUT2D eigenvalue weighted by molar-refractivity contribution is 0.0746. The summed E-state index contributed by atoms with van der Waals surface area (Å²) in [5.41, 5.74) is 7.41. The molecular weight excluding hydrogens is 382 g/mol. The maximum absolute atomic E-state index is 13.1. The SMILES string of the molecule is Cc1ccc(-c2cc(C(=O)N3CCN(c4cccc(Cl)c4)CC3)c(C)[nH]2)cc1C. The van der Waals surface area contributed by atoms with Crippen molar-refractivity contribution in [2.75, 3.05) is 31.1 Å². The van der Waals surface area contributed by atoms with Crippen molar-refractivity contribution >= 4 is 23.2 Å². The van der Waals surface area contributed by atoms with Crippen LogP contribution in [0.3, 0.4) is 0 Å². The number of H-pyrrole nitrogens is 1. The summed E-state index contributed by atoms with van der Waals surface area (Å²) in [5, 5.41) is 0.739. The number of nitrogens with one attached hydrogen (secondary N) is 1. The largest absolute Gasteiger partial charge is 0.368 e. The predicted octanol–water partition coefficient (Wildman–Crippen LogP) is 5.22. The number of anilines is 1. The van der Waals surface area contributed by atoms with Gasteiger partial charge in [0.1, 0.15) is 0 Å². The van der Waals surface area contributed by atoms with Gasteiger partial charge in [0.15, 0.2) is 0 Å². The van der Waals surface area contributed by atoms with Gasteiger partial charge in [0.05, 0.1) is 5.56 Å². The van der Waals surface area contributed by atoms with Crippen molar-refractivity contribution in [3.63, 3.8) is 0 Å². The van der Waals surface area contributed by atoms with Gasteiger partial charge in [0.25, 0.3) is 5.91 Å². The van der Waals surface area contributed by atoms with Gasteiger partial charge in [-0.2, -0.15) is 0 Å². The van der Waals surface area contributed by atoms with Crippen LogP contribution in [0.25, 0.3) is 11.3 Å². The van der Waals surface area contributed by atoms with Crippen LogP contribution in [0.1, 0.15) is 27.2 Å². The van der Waals surface area contributed by atoms with E-state index in [9.17, 15) is 4.79 Å². The van der Waals surface area contributed by atoms with E-state index in [0.717, 1.165) is 46.3 Å². The molecule has 1 aliphatic heterocycles. The van der Waals surface area contributed by atoms with Gasteiger partial charge in [-0.1, -0.05) is 29.8 Å². The molecule has 0 spiro atoms. The minimum atomic E-state index is 0.0968. The van der Waals surface area contributed by atoms with E-state index in [2.05, 4.69) is 48.0 Å². The Bertz CT molecular complexity index is 1050. The number of aromatic amines is 1. The lowest BCUT2D eigenvalue weighted by Crippen LogP contribution is -2.48. The highest BCUT2D eigenvalue weighted by atomic mass is 35.5. The third-order valence-corrected chi connectivity index (χ3v) is 6.04. The molecule has 0 radical (unpaired) electrons. The van der Waals surface area contributed by atoms with Crippen LogP contribution in [-0.4, -0.2) is 42.0 Å². The molecule has 1 N–H and O–H groups in total. The van der Waals surface area contributed by atoms with Crippen molar-refractivity contribution in [2.24, 2.45) is 0 Å². The number of hydrogen-bond acceptors (Lipinski definition) is 2. The molecule has 29 heavy (non-hydrogen) atoms. The van der Waals surface area contributed by atoms with E-state index in [-0.39, 0.29) is 5.91 Å². The second-order valence-electron chi connectivity index (χ2n) is 7.78. The van der Waals surface area contributed by atoms with Gasteiger partial charge in [-0.3, -0.25) is 4.79 Å². The van der Waals surface area contributed by atoms with E-state index in [1.54, 1.807) is 0 Å². The molecule has 4 nitrogen and oxygen atoms in total. The Morgan fingerprint density at radius 1 is 0.931 bits per heavy atom. The molecule has 4 rings (SSSR count). The summed E-state index contributed by atoms with van der Waals surface area (Å²) in [5.74, 6) is 0.0968. The number of carbonyl (C=O) groups excluding carboxylic acids is 1. The Kier molecular flexibility index (Phi) is 5.37. The number of carbonyl (C=O) groups is 1. The summed E-state index contributed by atoms with van der Waals surface area (Å²) < 4.78 is 0. The van der Waals surface area contributed by atoms with Gasteiger partial charge in [0, 0.05) is 48.3 Å². The van der Waals surface area contributed by atoms with Gasteiger partial charge in [-0.25, -0.2) is 0 Å². The fraction of sp³-hybridized carbons (Fsp3) is 0.292. The maximum Gasteiger partial charge on any atom is 0.255 e. The standard InChI is InChI=1S/C24H26ClN3O/c1-16-7-8-19(13-17(16)2)23-15-22(18(3)26-23)24(29)28-11-9-27(10-12-28)21-6-4-5-20(25)14-21/h4-8,13-15,26H,9-12H2,1-3H3. The first-order chi connectivity index (χ1) is 13.9. The lowest BCUT2D eigenvalue weighted by Gasteiger charge is -2.36. The fourth-order valence-electron chi connectivity index (χ4n) is 3.86. The topological polar surface area (TPSA) is 39.3 Å². The molecule has 0 aliphatic carbocycles. The minimum Gasteiger partial charge on any atom is -0.368 e. The monoisotopic (exact) mass is 407 g/mol. The molecule has 0 atom stereocenters. The molecule has 1 amide bonds. The third-order valence-electron chi connectivity index (χ3n) is 5.80. The first-order valence-corrected chi connectivity index (χ1v) is 10.4. The highest BCUT2D eigenvalue weighted by molar-refractivity contribution is 6.30. The normalized spacial score (nSPS) is 14.3. The van der Waals surface area contributed by atoms with Crippen LogP contribution in [0.4, 0.5) is 5.69 Å². The Labute approximate surface area is 177 Å². The van der Waals surface area contributed by atoms with Crippen molar-refractivity contribution in [1.82, 2.24) is 9.88 Å². The number of halogens is 1. The number of aryl methyl sites for hydroxylation is 3. The molecule has 1 fully saturated rings. The Balaban J connectivity index is 1.48. The molecule has 5 heteroatoms. The summed E-state index contributed by atoms with van der Waals surface area (Å²) in [6, 6.07) is 16.3. The van der Waals surface area contributed by atoms with Gasteiger partial charge < -0.3 is 14.8 Å². The van der Waals surface area contributed by atoms with E-state index >= 15 is 0 Å². The number of piperazine rings is 1. The molecule has 0 unspecified atom stereocenters. The first kappa shape index (κ1) is 19.6. The summed E-state index contributed by atoms with van der Waals surface area (Å²) in [6.07, 6.45) is 0. The summed E-state index contributed by atoms with van der Waals surface area (Å²) in [6.45, 7) is 9.21. The molecule has 1 aromatic heterocycles. The molecule has 1 aliphatic rings. The summed E-state index contributed by atoms with van der Waals surface area (Å²) in [4.78, 5) is 20.8. The Morgan fingerprint density at radius 2 is 1.69 bits per heavy atom. The second-order valence-corrected chi connectivity index (χ2v) is 8.22. The van der Waals surface area contributed by atoms with Crippen molar-refractivity contribution in [3.8, 4) is 11.3 Å². The van der Waals surface area contributed by atoms with Crippen LogP contribution < -0.4 is 4.90 Å². The summed E-state index contributed by atoms with van der Waals surface area (Å²) >= 11 is 6.12. The zero-order valence-electron chi connectivity index (χ0n) is 17.1. The molecule has 2 heterocycles. The molecular formula is C24H26ClN3O. The van der Waals surface area contributed by atoms with E-state index in [1.807, 2.05) is 36.1 Å². The van der Waals surface area contributed by atoms with Gasteiger partial charge >= 0.3 is 0 Å². The average molecular weight is 408 g/mol. The van der Waals surface area contributed by atoms with Crippen LogP contribution in [0.2, 0.25) is 5.02 Å². The minimum absolute atomic E-state index is 0.0968. The zero-order chi connectivity index (χ0) is 20.5. The van der Waals surface area contributed by atoms with Crippen LogP contribution in [0, 0.1) is 20.8 Å². The molecule has 0 bridgehead atoms. The van der Waals surface area contributed by atoms with Crippen molar-refractivity contribution in [3.05, 3.63) is 75.9 Å². The van der Waals surface area contributed by atoms with Gasteiger partial charge in [-0.15, -0.1) is 0 Å². The van der Waals surface area contributed by atoms with Crippen LogP contribution in [0.15, 0.2) is 48.5 Å². The average Bonchev–Trinajstić information content (AvgIpc) is 3.11.